The molecule has 120 valence electrons. The minimum absolute atomic E-state index is 0.125. The summed E-state index contributed by atoms with van der Waals surface area (Å²) >= 11 is 0. The zero-order valence-corrected chi connectivity index (χ0v) is 12.4. The Morgan fingerprint density at radius 1 is 0.800 bits per heavy atom. The molecule has 0 aromatic carbocycles. The van der Waals surface area contributed by atoms with Gasteiger partial charge >= 0.3 is 11.9 Å². The predicted molar refractivity (Wildman–Crippen MR) is 75.5 cm³/mol. The molecular formula is C14H28O6. The Labute approximate surface area is 120 Å². The van der Waals surface area contributed by atoms with Gasteiger partial charge in [0.1, 0.15) is 0 Å². The lowest BCUT2D eigenvalue weighted by molar-refractivity contribution is -0.154. The Morgan fingerprint density at radius 3 is 1.25 bits per heavy atom. The number of aliphatic carboxylic acids is 2. The second-order valence-electron chi connectivity index (χ2n) is 4.62. The van der Waals surface area contributed by atoms with Crippen molar-refractivity contribution in [1.82, 2.24) is 0 Å². The number of rotatable bonds is 10. The van der Waals surface area contributed by atoms with Crippen molar-refractivity contribution in [1.29, 1.82) is 0 Å². The van der Waals surface area contributed by atoms with Crippen LogP contribution in [-0.4, -0.2) is 45.6 Å². The van der Waals surface area contributed by atoms with Crippen LogP contribution in [0.4, 0.5) is 0 Å². The van der Waals surface area contributed by atoms with E-state index in [4.69, 9.17) is 20.4 Å². The van der Waals surface area contributed by atoms with Crippen LogP contribution in [0.1, 0.15) is 52.4 Å². The summed E-state index contributed by atoms with van der Waals surface area (Å²) in [4.78, 5) is 22.1. The molecule has 6 heteroatoms. The maximum Gasteiger partial charge on any atom is 0.307 e. The number of aliphatic hydroxyl groups excluding tert-OH is 2. The van der Waals surface area contributed by atoms with Crippen LogP contribution in [0.25, 0.3) is 0 Å². The van der Waals surface area contributed by atoms with E-state index in [9.17, 15) is 9.59 Å². The van der Waals surface area contributed by atoms with Crippen molar-refractivity contribution < 1.29 is 30.0 Å². The van der Waals surface area contributed by atoms with Crippen LogP contribution in [-0.2, 0) is 9.59 Å². The second-order valence-corrected chi connectivity index (χ2v) is 4.62. The van der Waals surface area contributed by atoms with E-state index < -0.39 is 23.8 Å². The Morgan fingerprint density at radius 2 is 1.10 bits per heavy atom. The van der Waals surface area contributed by atoms with Crippen molar-refractivity contribution in [2.24, 2.45) is 11.8 Å². The summed E-state index contributed by atoms with van der Waals surface area (Å²) in [5.41, 5.74) is 0. The SMILES string of the molecule is CCCCC(C(=O)O)C(CCCC)C(=O)O.OCCO. The summed E-state index contributed by atoms with van der Waals surface area (Å²) in [5, 5.41) is 33.4. The van der Waals surface area contributed by atoms with Crippen LogP contribution in [0, 0.1) is 11.8 Å². The Balaban J connectivity index is 0. The molecule has 0 heterocycles. The summed E-state index contributed by atoms with van der Waals surface area (Å²) in [5.74, 6) is -3.41. The molecule has 0 rings (SSSR count). The molecule has 0 aliphatic rings. The van der Waals surface area contributed by atoms with E-state index in [1.807, 2.05) is 13.8 Å². The van der Waals surface area contributed by atoms with Crippen LogP contribution >= 0.6 is 0 Å². The molecule has 20 heavy (non-hydrogen) atoms. The third-order valence-electron chi connectivity index (χ3n) is 2.96. The molecule has 6 nitrogen and oxygen atoms in total. The third-order valence-corrected chi connectivity index (χ3v) is 2.96. The highest BCUT2D eigenvalue weighted by Crippen LogP contribution is 2.24. The number of carbonyl (C=O) groups is 2. The largest absolute Gasteiger partial charge is 0.481 e. The van der Waals surface area contributed by atoms with Crippen molar-refractivity contribution >= 4 is 11.9 Å². The van der Waals surface area contributed by atoms with Crippen LogP contribution in [0.2, 0.25) is 0 Å². The number of carboxylic acids is 2. The average Bonchev–Trinajstić information content (AvgIpc) is 2.42. The molecule has 0 fully saturated rings. The molecule has 0 radical (unpaired) electrons. The lowest BCUT2D eigenvalue weighted by atomic mass is 9.84. The fourth-order valence-electron chi connectivity index (χ4n) is 1.84. The fraction of sp³-hybridized carbons (Fsp3) is 0.857. The van der Waals surface area contributed by atoms with Crippen LogP contribution < -0.4 is 0 Å². The highest BCUT2D eigenvalue weighted by Gasteiger charge is 2.32. The van der Waals surface area contributed by atoms with Crippen LogP contribution in [0.5, 0.6) is 0 Å². The molecular weight excluding hydrogens is 264 g/mol. The number of carboxylic acid groups (broad SMARTS) is 2. The van der Waals surface area contributed by atoms with E-state index in [0.29, 0.717) is 12.8 Å². The second kappa shape index (κ2) is 14.3. The van der Waals surface area contributed by atoms with E-state index in [0.717, 1.165) is 25.7 Å². The van der Waals surface area contributed by atoms with E-state index in [1.54, 1.807) is 0 Å². The molecule has 0 aromatic rings. The van der Waals surface area contributed by atoms with Gasteiger partial charge in [0, 0.05) is 0 Å². The van der Waals surface area contributed by atoms with E-state index in [1.165, 1.54) is 0 Å². The lowest BCUT2D eigenvalue weighted by Gasteiger charge is -2.19. The van der Waals surface area contributed by atoms with Crippen LogP contribution in [0.15, 0.2) is 0 Å². The third kappa shape index (κ3) is 10.8. The molecule has 0 spiro atoms. The molecule has 2 atom stereocenters. The molecule has 0 saturated heterocycles. The van der Waals surface area contributed by atoms with Gasteiger partial charge in [-0.3, -0.25) is 9.59 Å². The highest BCUT2D eigenvalue weighted by atomic mass is 16.4. The molecule has 2 unspecified atom stereocenters. The molecule has 0 aromatic heterocycles. The van der Waals surface area contributed by atoms with E-state index in [-0.39, 0.29) is 13.2 Å². The Bertz CT molecular complexity index is 228. The van der Waals surface area contributed by atoms with Gasteiger partial charge in [-0.2, -0.15) is 0 Å². The van der Waals surface area contributed by atoms with Gasteiger partial charge in [0.2, 0.25) is 0 Å². The molecule has 0 amide bonds. The molecule has 4 N–H and O–H groups in total. The van der Waals surface area contributed by atoms with Gasteiger partial charge < -0.3 is 20.4 Å². The van der Waals surface area contributed by atoms with Crippen molar-refractivity contribution in [2.45, 2.75) is 52.4 Å². The quantitative estimate of drug-likeness (QED) is 0.487. The molecule has 0 saturated carbocycles. The predicted octanol–water partition coefficient (Wildman–Crippen LogP) is 1.74. The van der Waals surface area contributed by atoms with E-state index >= 15 is 0 Å². The van der Waals surface area contributed by atoms with Crippen molar-refractivity contribution in [3.63, 3.8) is 0 Å². The van der Waals surface area contributed by atoms with Gasteiger partial charge in [0.15, 0.2) is 0 Å². The standard InChI is InChI=1S/C12H22O4.C2H6O2/c1-3-5-7-9(11(13)14)10(12(15)16)8-6-4-2;3-1-2-4/h9-10H,3-8H2,1-2H3,(H,13,14)(H,15,16);3-4H,1-2H2. The summed E-state index contributed by atoms with van der Waals surface area (Å²) in [7, 11) is 0. The van der Waals surface area contributed by atoms with Gasteiger partial charge in [0.05, 0.1) is 25.0 Å². The van der Waals surface area contributed by atoms with Gasteiger partial charge in [-0.25, -0.2) is 0 Å². The molecule has 0 bridgehead atoms. The van der Waals surface area contributed by atoms with E-state index in [2.05, 4.69) is 0 Å². The summed E-state index contributed by atoms with van der Waals surface area (Å²) in [6, 6.07) is 0. The Kier molecular flexibility index (Phi) is 15.1. The molecule has 0 aliphatic carbocycles. The van der Waals surface area contributed by atoms with Gasteiger partial charge in [-0.1, -0.05) is 39.5 Å². The normalized spacial score (nSPS) is 13.0. The Hall–Kier alpha value is -1.14. The molecule has 0 aliphatic heterocycles. The minimum atomic E-state index is -0.975. The minimum Gasteiger partial charge on any atom is -0.481 e. The van der Waals surface area contributed by atoms with Crippen LogP contribution in [0.3, 0.4) is 0 Å². The average molecular weight is 292 g/mol. The van der Waals surface area contributed by atoms with Gasteiger partial charge in [0.25, 0.3) is 0 Å². The van der Waals surface area contributed by atoms with Crippen molar-refractivity contribution in [3.8, 4) is 0 Å². The maximum absolute atomic E-state index is 11.1. The maximum atomic E-state index is 11.1. The monoisotopic (exact) mass is 292 g/mol. The highest BCUT2D eigenvalue weighted by molar-refractivity contribution is 5.79. The topological polar surface area (TPSA) is 115 Å². The first-order valence-electron chi connectivity index (χ1n) is 7.13. The van der Waals surface area contributed by atoms with Gasteiger partial charge in [-0.15, -0.1) is 0 Å². The zero-order chi connectivity index (χ0) is 16.0. The van der Waals surface area contributed by atoms with Crippen molar-refractivity contribution in [3.05, 3.63) is 0 Å². The first kappa shape index (κ1) is 21.2. The summed E-state index contributed by atoms with van der Waals surface area (Å²) in [6.45, 7) is 3.70. The summed E-state index contributed by atoms with van der Waals surface area (Å²) in [6.07, 6.45) is 4.26. The fourth-order valence-corrected chi connectivity index (χ4v) is 1.84. The van der Waals surface area contributed by atoms with Gasteiger partial charge in [-0.05, 0) is 12.8 Å². The first-order valence-corrected chi connectivity index (χ1v) is 7.13. The van der Waals surface area contributed by atoms with Crippen molar-refractivity contribution in [2.75, 3.05) is 13.2 Å². The number of unbranched alkanes of at least 4 members (excludes halogenated alkanes) is 2. The number of aliphatic hydroxyl groups is 2. The first-order chi connectivity index (χ1) is 9.45. The smallest absolute Gasteiger partial charge is 0.307 e. The number of hydrogen-bond donors (Lipinski definition) is 4. The number of hydrogen-bond acceptors (Lipinski definition) is 4. The zero-order valence-electron chi connectivity index (χ0n) is 12.4. The summed E-state index contributed by atoms with van der Waals surface area (Å²) < 4.78 is 0. The lowest BCUT2D eigenvalue weighted by Crippen LogP contribution is -2.29.